The number of aliphatic hydroxyl groups excluding tert-OH is 1. The first-order valence-corrected chi connectivity index (χ1v) is 10.6. The van der Waals surface area contributed by atoms with E-state index < -0.39 is 16.9 Å². The summed E-state index contributed by atoms with van der Waals surface area (Å²) in [5, 5.41) is 22.8. The molecule has 0 fully saturated rings. The summed E-state index contributed by atoms with van der Waals surface area (Å²) in [5.74, 6) is 0.947. The molecule has 3 aromatic carbocycles. The predicted molar refractivity (Wildman–Crippen MR) is 126 cm³/mol. The summed E-state index contributed by atoms with van der Waals surface area (Å²) in [5.41, 5.74) is 0.227. The Kier molecular flexibility index (Phi) is 6.17. The van der Waals surface area contributed by atoms with Gasteiger partial charge in [0.15, 0.2) is 0 Å². The van der Waals surface area contributed by atoms with Gasteiger partial charge in [-0.1, -0.05) is 78.9 Å². The van der Waals surface area contributed by atoms with E-state index in [0.717, 1.165) is 28.2 Å². The first-order valence-electron chi connectivity index (χ1n) is 10.6. The van der Waals surface area contributed by atoms with Crippen molar-refractivity contribution in [1.82, 2.24) is 0 Å². The molecule has 3 aromatic rings. The van der Waals surface area contributed by atoms with E-state index in [1.54, 1.807) is 20.3 Å². The summed E-state index contributed by atoms with van der Waals surface area (Å²) in [6, 6.07) is 25.5. The number of aliphatic hydroxyl groups is 2. The molecule has 0 spiro atoms. The maximum atomic E-state index is 12.5. The third-order valence-corrected chi connectivity index (χ3v) is 6.42. The van der Waals surface area contributed by atoms with Gasteiger partial charge in [0, 0.05) is 5.92 Å². The standard InChI is InChI=1S/C28H28O4/c1-31-25-15-11-22(12-16-25)28(21-8-4-3-5-9-21,23-13-17-26(32-2)18-14-23)27(30)19-7-6-10-24(27)20-29/h3-19,24,29-30H,20H2,1-2H3. The zero-order chi connectivity index (χ0) is 22.6. The number of ether oxygens (including phenoxy) is 2. The fourth-order valence-electron chi connectivity index (χ4n) is 4.84. The molecule has 0 saturated heterocycles. The van der Waals surface area contributed by atoms with Crippen molar-refractivity contribution in [3.63, 3.8) is 0 Å². The molecule has 1 aliphatic carbocycles. The summed E-state index contributed by atoms with van der Waals surface area (Å²) in [4.78, 5) is 0. The van der Waals surface area contributed by atoms with Crippen LogP contribution in [-0.4, -0.2) is 36.6 Å². The lowest BCUT2D eigenvalue weighted by atomic mass is 9.55. The van der Waals surface area contributed by atoms with Gasteiger partial charge in [0.05, 0.1) is 26.2 Å². The van der Waals surface area contributed by atoms with Crippen LogP contribution in [0.5, 0.6) is 11.5 Å². The van der Waals surface area contributed by atoms with Gasteiger partial charge in [0.1, 0.15) is 17.1 Å². The molecule has 164 valence electrons. The highest BCUT2D eigenvalue weighted by Gasteiger charge is 2.56. The maximum absolute atomic E-state index is 12.5. The van der Waals surface area contributed by atoms with Crippen LogP contribution < -0.4 is 9.47 Å². The molecule has 32 heavy (non-hydrogen) atoms. The van der Waals surface area contributed by atoms with E-state index in [9.17, 15) is 10.2 Å². The summed E-state index contributed by atoms with van der Waals surface area (Å²) >= 11 is 0. The SMILES string of the molecule is COc1ccc(C(c2ccccc2)(c2ccc(OC)cc2)C2(O)C=CC=CC2CO)cc1. The van der Waals surface area contributed by atoms with E-state index in [0.29, 0.717) is 0 Å². The largest absolute Gasteiger partial charge is 0.497 e. The number of allylic oxidation sites excluding steroid dienone is 2. The zero-order valence-electron chi connectivity index (χ0n) is 18.3. The highest BCUT2D eigenvalue weighted by atomic mass is 16.5. The predicted octanol–water partition coefficient (Wildman–Crippen LogP) is 4.50. The topological polar surface area (TPSA) is 58.9 Å². The van der Waals surface area contributed by atoms with E-state index >= 15 is 0 Å². The van der Waals surface area contributed by atoms with Crippen molar-refractivity contribution >= 4 is 0 Å². The Morgan fingerprint density at radius 2 is 1.25 bits per heavy atom. The number of methoxy groups -OCH3 is 2. The lowest BCUT2D eigenvalue weighted by Crippen LogP contribution is -2.57. The number of benzene rings is 3. The fourth-order valence-corrected chi connectivity index (χ4v) is 4.84. The van der Waals surface area contributed by atoms with Crippen LogP contribution in [0.4, 0.5) is 0 Å². The van der Waals surface area contributed by atoms with Gasteiger partial charge in [-0.25, -0.2) is 0 Å². The van der Waals surface area contributed by atoms with Gasteiger partial charge >= 0.3 is 0 Å². The van der Waals surface area contributed by atoms with Crippen molar-refractivity contribution in [3.05, 3.63) is 120 Å². The van der Waals surface area contributed by atoms with Crippen LogP contribution in [0.1, 0.15) is 16.7 Å². The van der Waals surface area contributed by atoms with Crippen LogP contribution in [0, 0.1) is 5.92 Å². The second kappa shape index (κ2) is 9.03. The molecule has 2 atom stereocenters. The summed E-state index contributed by atoms with van der Waals surface area (Å²) < 4.78 is 10.8. The van der Waals surface area contributed by atoms with E-state index in [2.05, 4.69) is 0 Å². The molecule has 4 rings (SSSR count). The third kappa shape index (κ3) is 3.42. The van der Waals surface area contributed by atoms with Crippen LogP contribution in [-0.2, 0) is 5.41 Å². The molecule has 4 heteroatoms. The molecular formula is C28H28O4. The highest BCUT2D eigenvalue weighted by molar-refractivity contribution is 5.58. The van der Waals surface area contributed by atoms with Crippen LogP contribution in [0.25, 0.3) is 0 Å². The molecule has 2 unspecified atom stereocenters. The Labute approximate surface area is 189 Å². The van der Waals surface area contributed by atoms with Crippen molar-refractivity contribution < 1.29 is 19.7 Å². The van der Waals surface area contributed by atoms with E-state index in [4.69, 9.17) is 9.47 Å². The Morgan fingerprint density at radius 1 is 0.750 bits per heavy atom. The molecule has 0 aromatic heterocycles. The molecular weight excluding hydrogens is 400 g/mol. The lowest BCUT2D eigenvalue weighted by molar-refractivity contribution is -0.0195. The van der Waals surface area contributed by atoms with Crippen molar-refractivity contribution in [1.29, 1.82) is 0 Å². The van der Waals surface area contributed by atoms with Crippen molar-refractivity contribution in [3.8, 4) is 11.5 Å². The van der Waals surface area contributed by atoms with Gasteiger partial charge in [-0.2, -0.15) is 0 Å². The van der Waals surface area contributed by atoms with Gasteiger partial charge < -0.3 is 19.7 Å². The molecule has 0 bridgehead atoms. The maximum Gasteiger partial charge on any atom is 0.118 e. The fraction of sp³-hybridized carbons (Fsp3) is 0.214. The first kappa shape index (κ1) is 21.9. The Hall–Kier alpha value is -3.34. The number of rotatable bonds is 7. The molecule has 0 radical (unpaired) electrons. The van der Waals surface area contributed by atoms with Crippen LogP contribution in [0.3, 0.4) is 0 Å². The molecule has 0 saturated carbocycles. The van der Waals surface area contributed by atoms with Gasteiger partial charge in [-0.05, 0) is 41.0 Å². The molecule has 0 heterocycles. The Bertz CT molecular complexity index is 1040. The zero-order valence-corrected chi connectivity index (χ0v) is 18.3. The average molecular weight is 429 g/mol. The Morgan fingerprint density at radius 3 is 1.72 bits per heavy atom. The molecule has 0 aliphatic heterocycles. The van der Waals surface area contributed by atoms with Crippen molar-refractivity contribution in [2.24, 2.45) is 5.92 Å². The molecule has 4 nitrogen and oxygen atoms in total. The van der Waals surface area contributed by atoms with Gasteiger partial charge in [0.2, 0.25) is 0 Å². The quantitative estimate of drug-likeness (QED) is 0.544. The number of hydrogen-bond donors (Lipinski definition) is 2. The summed E-state index contributed by atoms with van der Waals surface area (Å²) in [6.45, 7) is -0.196. The van der Waals surface area contributed by atoms with E-state index in [-0.39, 0.29) is 6.61 Å². The van der Waals surface area contributed by atoms with Crippen molar-refractivity contribution in [2.75, 3.05) is 20.8 Å². The van der Waals surface area contributed by atoms with E-state index in [1.807, 2.05) is 97.1 Å². The normalized spacial score (nSPS) is 20.2. The van der Waals surface area contributed by atoms with Crippen LogP contribution >= 0.6 is 0 Å². The third-order valence-electron chi connectivity index (χ3n) is 6.42. The van der Waals surface area contributed by atoms with Gasteiger partial charge in [-0.15, -0.1) is 0 Å². The minimum atomic E-state index is -1.44. The first-order chi connectivity index (χ1) is 15.6. The number of hydrogen-bond acceptors (Lipinski definition) is 4. The lowest BCUT2D eigenvalue weighted by Gasteiger charge is -2.51. The second-order valence-electron chi connectivity index (χ2n) is 7.93. The van der Waals surface area contributed by atoms with E-state index in [1.165, 1.54) is 0 Å². The van der Waals surface area contributed by atoms with Crippen LogP contribution in [0.15, 0.2) is 103 Å². The smallest absolute Gasteiger partial charge is 0.118 e. The van der Waals surface area contributed by atoms with Crippen molar-refractivity contribution in [2.45, 2.75) is 11.0 Å². The molecule has 1 aliphatic rings. The molecule has 2 N–H and O–H groups in total. The Balaban J connectivity index is 2.10. The minimum Gasteiger partial charge on any atom is -0.497 e. The van der Waals surface area contributed by atoms with Gasteiger partial charge in [0.25, 0.3) is 0 Å². The monoisotopic (exact) mass is 428 g/mol. The minimum absolute atomic E-state index is 0.196. The average Bonchev–Trinajstić information content (AvgIpc) is 2.86. The molecule has 0 amide bonds. The van der Waals surface area contributed by atoms with Gasteiger partial charge in [-0.3, -0.25) is 0 Å². The summed E-state index contributed by atoms with van der Waals surface area (Å²) in [7, 11) is 3.26. The second-order valence-corrected chi connectivity index (χ2v) is 7.93. The van der Waals surface area contributed by atoms with Crippen LogP contribution in [0.2, 0.25) is 0 Å². The summed E-state index contributed by atoms with van der Waals surface area (Å²) in [6.07, 6.45) is 7.38. The highest BCUT2D eigenvalue weighted by Crippen LogP contribution is 2.52.